The summed E-state index contributed by atoms with van der Waals surface area (Å²) in [7, 11) is 0. The number of benzene rings is 1. The van der Waals surface area contributed by atoms with Gasteiger partial charge in [0, 0.05) is 47.3 Å². The zero-order chi connectivity index (χ0) is 76.6. The number of ether oxygens (including phenoxy) is 2. The Bertz CT molecular complexity index is 4320. The third-order valence-corrected chi connectivity index (χ3v) is 32.5. The van der Waals surface area contributed by atoms with Crippen LogP contribution in [0.2, 0.25) is 0 Å². The van der Waals surface area contributed by atoms with Crippen molar-refractivity contribution in [2.45, 2.75) is 278 Å². The van der Waals surface area contributed by atoms with Crippen LogP contribution in [-0.2, 0) is 57.5 Å². The molecule has 8 fully saturated rings. The van der Waals surface area contributed by atoms with Crippen LogP contribution in [0.3, 0.4) is 0 Å². The molecule has 8 saturated carbocycles. The van der Waals surface area contributed by atoms with E-state index in [1.165, 1.54) is 29.3 Å². The van der Waals surface area contributed by atoms with Crippen LogP contribution >= 0.6 is 0 Å². The molecule has 0 bridgehead atoms. The molecule has 0 aliphatic heterocycles. The number of carbonyl (C=O) groups excluding carboxylic acids is 4. The van der Waals surface area contributed by atoms with Crippen LogP contribution in [0.25, 0.3) is 23.0 Å². The Labute approximate surface area is 624 Å². The van der Waals surface area contributed by atoms with Gasteiger partial charge in [-0.1, -0.05) is 114 Å². The van der Waals surface area contributed by atoms with Crippen molar-refractivity contribution in [2.24, 2.45) is 112 Å². The standard InChI is InChI=1S/C87H115F2N5O12/c1-47(2)68-56(95)40-86(36-34-82(14)52(70(68)86)20-24-60-80(12)30-28-62(103-66(97)44-76(5,6)74(99)100)77(7,8)58(80)26-32-84(60,82)16)42-64-91-93-72(105-64)51-38-49(18-22-54(51)89)39-79(11,75(101)102)45-67(98)104-63-29-31-81(13)59(78(63,9)10)27-33-85(17)61(81)25-21-53-71-69(48(3)4)57(96)41-87(71,37-35-83(53,85)15)43-65-92-94-73(106-65)55-23-19-50(88)46-90-55/h18-19,22-23,38,46-48,52-53,58-63H,20-21,24-37,39-45H2,1-17H3,(H,99,100)(H,101,102)/t52-,53-,58+,59+,60-,61-,62+,63+,79?,80+,81+,82-,83-,84-,85-,86+,87+/m1/s1. The van der Waals surface area contributed by atoms with Crippen LogP contribution in [-0.4, -0.2) is 83.2 Å². The molecule has 10 aliphatic rings. The molecule has 17 atom stereocenters. The van der Waals surface area contributed by atoms with Crippen LogP contribution in [0.5, 0.6) is 0 Å². The van der Waals surface area contributed by atoms with Crippen molar-refractivity contribution in [1.29, 1.82) is 0 Å². The molecule has 0 radical (unpaired) electrons. The first-order valence-electron chi connectivity index (χ1n) is 39.9. The summed E-state index contributed by atoms with van der Waals surface area (Å²) in [4.78, 5) is 86.7. The number of carboxylic acid groups (broad SMARTS) is 2. The second kappa shape index (κ2) is 25.7. The SMILES string of the molecule is CC(C)C1=C2[C@H]3CC[C@@H]4[C@@]5(C)CC[C@H](OC(=O)CC(C)(Cc6ccc(F)c(-c7nnc(C[C@@]89CC[C@]%10(C)[C@H](CC[C@@H]%11[C@@]%12(C)CC[C@H](OC(=O)CC(C)(C)C(=O)O)C(C)(C)[C@@H]%12CC[C@]%11%10C)C8=C(C(C)C)C(=O)C9)o7)c6)C(=O)O)C(C)(C)[C@@H]5CC[C@@]4(C)[C@]3(C)CC[C@@]2(Cc2nnc(-c3ccc(F)cn3)o2)CC1=O. The summed E-state index contributed by atoms with van der Waals surface area (Å²) in [5, 5.41) is 38.7. The number of halogens is 2. The number of aliphatic carboxylic acids is 2. The highest BCUT2D eigenvalue weighted by Gasteiger charge is 2.73. The summed E-state index contributed by atoms with van der Waals surface area (Å²) < 4.78 is 55.7. The monoisotopic (exact) mass is 1460 g/mol. The Kier molecular flexibility index (Phi) is 18.4. The van der Waals surface area contributed by atoms with Crippen molar-refractivity contribution in [1.82, 2.24) is 25.4 Å². The van der Waals surface area contributed by atoms with Crippen molar-refractivity contribution in [3.05, 3.63) is 87.8 Å². The minimum absolute atomic E-state index is 0.0109. The maximum Gasteiger partial charge on any atom is 0.310 e. The zero-order valence-corrected chi connectivity index (χ0v) is 66.0. The summed E-state index contributed by atoms with van der Waals surface area (Å²) in [6.45, 7) is 37.2. The molecule has 10 aliphatic carbocycles. The normalized spacial score (nSPS) is 37.0. The number of aromatic nitrogens is 5. The lowest BCUT2D eigenvalue weighted by Gasteiger charge is -2.72. The Morgan fingerprint density at radius 3 is 1.47 bits per heavy atom. The van der Waals surface area contributed by atoms with Crippen molar-refractivity contribution >= 4 is 35.4 Å². The first-order valence-corrected chi connectivity index (χ1v) is 39.9. The van der Waals surface area contributed by atoms with Gasteiger partial charge in [0.05, 0.1) is 35.4 Å². The van der Waals surface area contributed by atoms with E-state index in [0.717, 1.165) is 107 Å². The largest absolute Gasteiger partial charge is 0.481 e. The number of fused-ring (bicyclic) bond motifs is 14. The highest BCUT2D eigenvalue weighted by Crippen LogP contribution is 2.79. The Balaban J connectivity index is 0.643. The van der Waals surface area contributed by atoms with E-state index in [2.05, 4.69) is 122 Å². The number of nitrogens with zero attached hydrogens (tertiary/aromatic N) is 5. The molecule has 1 aromatic carbocycles. The summed E-state index contributed by atoms with van der Waals surface area (Å²) in [6, 6.07) is 7.22. The van der Waals surface area contributed by atoms with Gasteiger partial charge in [-0.15, -0.1) is 20.4 Å². The molecule has 1 unspecified atom stereocenters. The molecule has 4 aromatic rings. The lowest BCUT2D eigenvalue weighted by Crippen LogP contribution is -2.65. The summed E-state index contributed by atoms with van der Waals surface area (Å²) >= 11 is 0. The van der Waals surface area contributed by atoms with Gasteiger partial charge in [0.15, 0.2) is 11.6 Å². The lowest BCUT2D eigenvalue weighted by molar-refractivity contribution is -0.233. The fraction of sp³-hybridized carbons (Fsp3) is 0.713. The molecule has 574 valence electrons. The molecule has 17 nitrogen and oxygen atoms in total. The van der Waals surface area contributed by atoms with Gasteiger partial charge in [-0.2, -0.15) is 0 Å². The molecular weight excluding hydrogens is 1340 g/mol. The van der Waals surface area contributed by atoms with Crippen molar-refractivity contribution in [3.63, 3.8) is 0 Å². The molecule has 0 saturated heterocycles. The minimum atomic E-state index is -1.63. The number of ketones is 2. The van der Waals surface area contributed by atoms with Gasteiger partial charge < -0.3 is 28.5 Å². The average Bonchev–Trinajstić information content (AvgIpc) is 1.07. The predicted octanol–water partition coefficient (Wildman–Crippen LogP) is 18.6. The number of carboxylic acids is 2. The number of pyridine rings is 1. The van der Waals surface area contributed by atoms with E-state index in [4.69, 9.17) is 18.3 Å². The van der Waals surface area contributed by atoms with E-state index in [1.807, 2.05) is 0 Å². The number of Topliss-reactive ketones (excluding diaryl/α,β-unsaturated/α-hetero) is 2. The smallest absolute Gasteiger partial charge is 0.310 e. The average molecular weight is 1460 g/mol. The second-order valence-electron chi connectivity index (χ2n) is 39.7. The lowest BCUT2D eigenvalue weighted by atomic mass is 9.33. The molecule has 2 N–H and O–H groups in total. The Morgan fingerprint density at radius 1 is 0.547 bits per heavy atom. The number of esters is 2. The highest BCUT2D eigenvalue weighted by molar-refractivity contribution is 6.01. The maximum absolute atomic E-state index is 16.3. The van der Waals surface area contributed by atoms with E-state index in [1.54, 1.807) is 32.9 Å². The van der Waals surface area contributed by atoms with E-state index in [-0.39, 0.29) is 121 Å². The molecule has 3 aromatic heterocycles. The first-order chi connectivity index (χ1) is 49.5. The molecule has 106 heavy (non-hydrogen) atoms. The van der Waals surface area contributed by atoms with Crippen LogP contribution in [0.1, 0.15) is 263 Å². The maximum atomic E-state index is 16.3. The predicted molar refractivity (Wildman–Crippen MR) is 393 cm³/mol. The van der Waals surface area contributed by atoms with Gasteiger partial charge in [0.1, 0.15) is 29.5 Å². The van der Waals surface area contributed by atoms with Crippen molar-refractivity contribution in [3.8, 4) is 23.0 Å². The summed E-state index contributed by atoms with van der Waals surface area (Å²) in [5.41, 5.74) is 0.0984. The number of rotatable bonds is 18. The van der Waals surface area contributed by atoms with Gasteiger partial charge in [0.2, 0.25) is 11.8 Å². The zero-order valence-electron chi connectivity index (χ0n) is 66.0. The van der Waals surface area contributed by atoms with Gasteiger partial charge in [-0.05, 0) is 251 Å². The Hall–Kier alpha value is -6.79. The summed E-state index contributed by atoms with van der Waals surface area (Å²) in [5.74, 6) is -1.47. The fourth-order valence-corrected chi connectivity index (χ4v) is 26.9. The number of hydrogen-bond donors (Lipinski definition) is 2. The number of hydrogen-bond acceptors (Lipinski definition) is 15. The minimum Gasteiger partial charge on any atom is -0.481 e. The van der Waals surface area contributed by atoms with Crippen molar-refractivity contribution < 1.29 is 66.1 Å². The van der Waals surface area contributed by atoms with Crippen molar-refractivity contribution in [2.75, 3.05) is 0 Å². The molecule has 0 amide bonds. The van der Waals surface area contributed by atoms with Crippen LogP contribution in [0.4, 0.5) is 8.78 Å². The van der Waals surface area contributed by atoms with Crippen LogP contribution in [0.15, 0.2) is 67.7 Å². The topological polar surface area (TPSA) is 252 Å². The van der Waals surface area contributed by atoms with Gasteiger partial charge in [0.25, 0.3) is 11.8 Å². The third kappa shape index (κ3) is 11.5. The van der Waals surface area contributed by atoms with Gasteiger partial charge in [-0.25, -0.2) is 13.8 Å². The molecular formula is C87H115F2N5O12. The number of allylic oxidation sites excluding steroid dienone is 4. The van der Waals surface area contributed by atoms with Gasteiger partial charge in [-0.3, -0.25) is 28.8 Å². The molecule has 0 spiro atoms. The van der Waals surface area contributed by atoms with E-state index < -0.39 is 75.1 Å². The Morgan fingerprint density at radius 2 is 1.02 bits per heavy atom. The first kappa shape index (κ1) is 76.0. The van der Waals surface area contributed by atoms with Crippen LogP contribution < -0.4 is 0 Å². The fourth-order valence-electron chi connectivity index (χ4n) is 26.9. The molecule has 19 heteroatoms. The quantitative estimate of drug-likeness (QED) is 0.0878. The van der Waals surface area contributed by atoms with E-state index in [0.29, 0.717) is 73.4 Å². The molecule has 3 heterocycles. The van der Waals surface area contributed by atoms with E-state index >= 15 is 4.39 Å². The van der Waals surface area contributed by atoms with Gasteiger partial charge >= 0.3 is 23.9 Å². The highest BCUT2D eigenvalue weighted by atomic mass is 19.1. The van der Waals surface area contributed by atoms with E-state index in [9.17, 15) is 43.4 Å². The number of carbonyl (C=O) groups is 6. The second-order valence-corrected chi connectivity index (χ2v) is 39.7. The molecule has 14 rings (SSSR count). The summed E-state index contributed by atoms with van der Waals surface area (Å²) in [6.07, 6.45) is 15.4. The third-order valence-electron chi connectivity index (χ3n) is 32.5. The van der Waals surface area contributed by atoms with Crippen LogP contribution in [0, 0.1) is 124 Å².